The van der Waals surface area contributed by atoms with Gasteiger partial charge in [0, 0.05) is 62.1 Å². The summed E-state index contributed by atoms with van der Waals surface area (Å²) < 4.78 is 0. The molecule has 0 radical (unpaired) electrons. The fraction of sp³-hybridized carbons (Fsp3) is 0.440. The number of hydrogen-bond donors (Lipinski definition) is 2. The van der Waals surface area contributed by atoms with Crippen LogP contribution in [0.4, 0.5) is 17.1 Å². The van der Waals surface area contributed by atoms with E-state index in [0.29, 0.717) is 12.1 Å². The van der Waals surface area contributed by atoms with Crippen LogP contribution >= 0.6 is 11.6 Å². The smallest absolute Gasteiger partial charge is 0.251 e. The number of fused-ring (bicyclic) bond motifs is 3. The molecule has 0 spiro atoms. The summed E-state index contributed by atoms with van der Waals surface area (Å²) in [6.45, 7) is 6.07. The van der Waals surface area contributed by atoms with E-state index < -0.39 is 0 Å². The van der Waals surface area contributed by atoms with E-state index in [2.05, 4.69) is 31.4 Å². The zero-order chi connectivity index (χ0) is 22.8. The third-order valence-electron chi connectivity index (χ3n) is 6.89. The van der Waals surface area contributed by atoms with Gasteiger partial charge in [0.15, 0.2) is 0 Å². The highest BCUT2D eigenvalue weighted by molar-refractivity contribution is 6.30. The Morgan fingerprint density at radius 2 is 1.91 bits per heavy atom. The van der Waals surface area contributed by atoms with Gasteiger partial charge >= 0.3 is 0 Å². The minimum Gasteiger partial charge on any atom is -0.369 e. The second-order valence-electron chi connectivity index (χ2n) is 8.99. The normalized spacial score (nSPS) is 20.6. The van der Waals surface area contributed by atoms with Gasteiger partial charge in [-0.05, 0) is 55.7 Å². The Morgan fingerprint density at radius 1 is 1.06 bits per heavy atom. The van der Waals surface area contributed by atoms with Crippen molar-refractivity contribution < 1.29 is 9.59 Å². The lowest BCUT2D eigenvalue weighted by Gasteiger charge is -2.41. The predicted octanol–water partition coefficient (Wildman–Crippen LogP) is 3.20. The summed E-state index contributed by atoms with van der Waals surface area (Å²) in [5.74, 6) is -0.0675. The highest BCUT2D eigenvalue weighted by atomic mass is 35.5. The van der Waals surface area contributed by atoms with Crippen LogP contribution in [-0.2, 0) is 4.79 Å². The molecule has 5 rings (SSSR count). The minimum atomic E-state index is -0.106. The first kappa shape index (κ1) is 22.0. The number of amides is 2. The maximum absolute atomic E-state index is 12.7. The largest absolute Gasteiger partial charge is 0.369 e. The monoisotopic (exact) mass is 467 g/mol. The van der Waals surface area contributed by atoms with Gasteiger partial charge in [-0.25, -0.2) is 0 Å². The maximum Gasteiger partial charge on any atom is 0.251 e. The molecule has 2 N–H and O–H groups in total. The van der Waals surface area contributed by atoms with E-state index in [1.807, 2.05) is 30.3 Å². The molecule has 0 aliphatic carbocycles. The first-order valence-corrected chi connectivity index (χ1v) is 12.2. The van der Waals surface area contributed by atoms with Crippen LogP contribution < -0.4 is 20.4 Å². The summed E-state index contributed by atoms with van der Waals surface area (Å²) in [7, 11) is 0. The zero-order valence-corrected chi connectivity index (χ0v) is 19.5. The number of carbonyl (C=O) groups is 2. The number of nitrogens with zero attached hydrogens (tertiary/aromatic N) is 3. The Balaban J connectivity index is 1.12. The molecule has 0 bridgehead atoms. The number of nitrogens with one attached hydrogen (secondary N) is 2. The molecule has 2 fully saturated rings. The summed E-state index contributed by atoms with van der Waals surface area (Å²) >= 11 is 6.12. The molecule has 3 heterocycles. The second kappa shape index (κ2) is 9.61. The lowest BCUT2D eigenvalue weighted by molar-refractivity contribution is -0.118. The minimum absolute atomic E-state index is 0.0386. The van der Waals surface area contributed by atoms with E-state index in [9.17, 15) is 9.59 Å². The first-order valence-electron chi connectivity index (χ1n) is 11.8. The van der Waals surface area contributed by atoms with Crippen molar-refractivity contribution in [1.29, 1.82) is 0 Å². The summed E-state index contributed by atoms with van der Waals surface area (Å²) in [4.78, 5) is 32.1. The molecule has 174 valence electrons. The lowest BCUT2D eigenvalue weighted by atomic mass is 9.97. The molecule has 2 aromatic rings. The van der Waals surface area contributed by atoms with Crippen LogP contribution in [0.2, 0.25) is 5.02 Å². The summed E-state index contributed by atoms with van der Waals surface area (Å²) in [5.41, 5.74) is 3.50. The standard InChI is InChI=1S/C25H30ClN5O2/c26-19-4-3-5-20(17-19)30-14-12-29(13-15-30)11-9-27-24(32)18-7-8-22-21(16-18)28-25(33)23-6-1-2-10-31(22)23/h3-5,7-8,16-17,23H,1-2,6,9-15H2,(H,27,32)(H,28,33)/t23-/m0/s1. The molecule has 7 nitrogen and oxygen atoms in total. The Labute approximate surface area is 199 Å². The van der Waals surface area contributed by atoms with E-state index in [-0.39, 0.29) is 17.9 Å². The summed E-state index contributed by atoms with van der Waals surface area (Å²) in [6, 6.07) is 13.5. The van der Waals surface area contributed by atoms with Crippen molar-refractivity contribution in [3.63, 3.8) is 0 Å². The SMILES string of the molecule is O=C(NCCN1CCN(c2cccc(Cl)c2)CC1)c1ccc2c(c1)NC(=O)[C@@H]1CCCCN21. The van der Waals surface area contributed by atoms with Gasteiger partial charge in [0.2, 0.25) is 5.91 Å². The first-order chi connectivity index (χ1) is 16.1. The number of benzene rings is 2. The van der Waals surface area contributed by atoms with Crippen molar-refractivity contribution in [2.45, 2.75) is 25.3 Å². The Morgan fingerprint density at radius 3 is 2.73 bits per heavy atom. The average molecular weight is 468 g/mol. The van der Waals surface area contributed by atoms with Crippen LogP contribution in [0.15, 0.2) is 42.5 Å². The Bertz CT molecular complexity index is 1040. The van der Waals surface area contributed by atoms with Crippen molar-refractivity contribution in [3.05, 3.63) is 53.1 Å². The highest BCUT2D eigenvalue weighted by Crippen LogP contribution is 2.36. The summed E-state index contributed by atoms with van der Waals surface area (Å²) in [5, 5.41) is 6.79. The van der Waals surface area contributed by atoms with Crippen molar-refractivity contribution in [2.24, 2.45) is 0 Å². The third kappa shape index (κ3) is 4.80. The molecule has 0 saturated carbocycles. The Hall–Kier alpha value is -2.77. The van der Waals surface area contributed by atoms with E-state index in [4.69, 9.17) is 11.6 Å². The van der Waals surface area contributed by atoms with Crippen LogP contribution in [0.25, 0.3) is 0 Å². The highest BCUT2D eigenvalue weighted by Gasteiger charge is 2.34. The van der Waals surface area contributed by atoms with Gasteiger partial charge in [-0.1, -0.05) is 17.7 Å². The maximum atomic E-state index is 12.7. The lowest BCUT2D eigenvalue weighted by Crippen LogP contribution is -2.50. The van der Waals surface area contributed by atoms with E-state index in [1.165, 1.54) is 0 Å². The summed E-state index contributed by atoms with van der Waals surface area (Å²) in [6.07, 6.45) is 3.07. The molecule has 3 aliphatic heterocycles. The number of piperidine rings is 1. The molecule has 1 atom stereocenters. The fourth-order valence-electron chi connectivity index (χ4n) is 5.07. The van der Waals surface area contributed by atoms with E-state index >= 15 is 0 Å². The van der Waals surface area contributed by atoms with Gasteiger partial charge in [-0.2, -0.15) is 0 Å². The molecule has 8 heteroatoms. The van der Waals surface area contributed by atoms with Crippen LogP contribution in [0, 0.1) is 0 Å². The van der Waals surface area contributed by atoms with Gasteiger partial charge in [0.05, 0.1) is 11.4 Å². The van der Waals surface area contributed by atoms with Crippen molar-refractivity contribution in [3.8, 4) is 0 Å². The molecular weight excluding hydrogens is 438 g/mol. The number of anilines is 3. The van der Waals surface area contributed by atoms with Crippen LogP contribution in [0.3, 0.4) is 0 Å². The topological polar surface area (TPSA) is 67.9 Å². The van der Waals surface area contributed by atoms with Gasteiger partial charge in [-0.3, -0.25) is 14.5 Å². The molecular formula is C25H30ClN5O2. The number of halogens is 1. The number of carbonyl (C=O) groups excluding carboxylic acids is 2. The van der Waals surface area contributed by atoms with E-state index in [0.717, 1.165) is 80.6 Å². The molecule has 0 aromatic heterocycles. The molecule has 2 amide bonds. The van der Waals surface area contributed by atoms with Crippen molar-refractivity contribution >= 4 is 40.5 Å². The molecule has 2 saturated heterocycles. The molecule has 33 heavy (non-hydrogen) atoms. The number of rotatable bonds is 5. The van der Waals surface area contributed by atoms with Crippen molar-refractivity contribution in [1.82, 2.24) is 10.2 Å². The fourth-order valence-corrected chi connectivity index (χ4v) is 5.25. The average Bonchev–Trinajstić information content (AvgIpc) is 2.84. The zero-order valence-electron chi connectivity index (χ0n) is 18.7. The third-order valence-corrected chi connectivity index (χ3v) is 7.13. The quantitative estimate of drug-likeness (QED) is 0.706. The van der Waals surface area contributed by atoms with Gasteiger partial charge < -0.3 is 20.4 Å². The number of piperazine rings is 1. The number of hydrogen-bond acceptors (Lipinski definition) is 5. The predicted molar refractivity (Wildman–Crippen MR) is 132 cm³/mol. The van der Waals surface area contributed by atoms with Crippen molar-refractivity contribution in [2.75, 3.05) is 60.9 Å². The second-order valence-corrected chi connectivity index (χ2v) is 9.43. The van der Waals surface area contributed by atoms with Gasteiger partial charge in [-0.15, -0.1) is 0 Å². The molecule has 3 aliphatic rings. The van der Waals surface area contributed by atoms with Crippen LogP contribution in [0.5, 0.6) is 0 Å². The van der Waals surface area contributed by atoms with Gasteiger partial charge in [0.25, 0.3) is 5.91 Å². The van der Waals surface area contributed by atoms with E-state index in [1.54, 1.807) is 6.07 Å². The molecule has 0 unspecified atom stereocenters. The van der Waals surface area contributed by atoms with Gasteiger partial charge in [0.1, 0.15) is 6.04 Å². The van der Waals surface area contributed by atoms with Crippen LogP contribution in [-0.4, -0.2) is 68.6 Å². The molecule has 2 aromatic carbocycles. The Kier molecular flexibility index (Phi) is 6.42. The van der Waals surface area contributed by atoms with Crippen LogP contribution in [0.1, 0.15) is 29.6 Å².